The highest BCUT2D eigenvalue weighted by Gasteiger charge is 2.23. The van der Waals surface area contributed by atoms with Crippen molar-refractivity contribution >= 4 is 28.2 Å². The molecular formula is C17H17N3O4S. The van der Waals surface area contributed by atoms with Crippen LogP contribution in [0, 0.1) is 13.8 Å². The monoisotopic (exact) mass is 359 g/mol. The summed E-state index contributed by atoms with van der Waals surface area (Å²) < 4.78 is 10.4. The molecule has 3 aromatic heterocycles. The van der Waals surface area contributed by atoms with Gasteiger partial charge in [0.1, 0.15) is 10.7 Å². The number of nitrogens with one attached hydrogen (secondary N) is 2. The molecule has 3 heterocycles. The molecule has 8 heteroatoms. The van der Waals surface area contributed by atoms with Gasteiger partial charge in [-0.3, -0.25) is 9.89 Å². The fraction of sp³-hybridized carbons (Fsp3) is 0.235. The van der Waals surface area contributed by atoms with Crippen LogP contribution in [0.25, 0.3) is 11.5 Å². The zero-order valence-electron chi connectivity index (χ0n) is 14.0. The number of ether oxygens (including phenoxy) is 1. The Morgan fingerprint density at radius 1 is 1.40 bits per heavy atom. The molecule has 0 aliphatic rings. The summed E-state index contributed by atoms with van der Waals surface area (Å²) in [5.41, 5.74) is 1.99. The van der Waals surface area contributed by atoms with Gasteiger partial charge in [-0.05, 0) is 38.5 Å². The van der Waals surface area contributed by atoms with Gasteiger partial charge >= 0.3 is 5.97 Å². The van der Waals surface area contributed by atoms with Crippen LogP contribution in [0.15, 0.2) is 28.9 Å². The number of aromatic nitrogens is 2. The van der Waals surface area contributed by atoms with Crippen molar-refractivity contribution in [1.29, 1.82) is 0 Å². The second kappa shape index (κ2) is 6.94. The number of furan rings is 1. The van der Waals surface area contributed by atoms with Crippen LogP contribution in [0.2, 0.25) is 0 Å². The Balaban J connectivity index is 1.84. The van der Waals surface area contributed by atoms with Crippen LogP contribution in [0.1, 0.15) is 38.2 Å². The van der Waals surface area contributed by atoms with E-state index in [-0.39, 0.29) is 12.3 Å². The SMILES string of the molecule is CCOC(=O)c1c(NC(=O)c2cc(-c3ccco3)[nH]n2)sc(C)c1C. The van der Waals surface area contributed by atoms with Crippen LogP contribution in [0.4, 0.5) is 5.00 Å². The van der Waals surface area contributed by atoms with Crippen LogP contribution in [-0.4, -0.2) is 28.7 Å². The summed E-state index contributed by atoms with van der Waals surface area (Å²) in [4.78, 5) is 25.6. The summed E-state index contributed by atoms with van der Waals surface area (Å²) in [7, 11) is 0. The first-order valence-electron chi connectivity index (χ1n) is 7.69. The van der Waals surface area contributed by atoms with Gasteiger partial charge in [0.2, 0.25) is 0 Å². The molecule has 0 fully saturated rings. The second-order valence-corrected chi connectivity index (χ2v) is 6.53. The van der Waals surface area contributed by atoms with E-state index in [0.29, 0.717) is 22.0 Å². The number of thiophene rings is 1. The summed E-state index contributed by atoms with van der Waals surface area (Å²) in [6.45, 7) is 5.73. The number of aromatic amines is 1. The largest absolute Gasteiger partial charge is 0.463 e. The Morgan fingerprint density at radius 3 is 2.88 bits per heavy atom. The maximum absolute atomic E-state index is 12.5. The Morgan fingerprint density at radius 2 is 2.20 bits per heavy atom. The van der Waals surface area contributed by atoms with Crippen molar-refractivity contribution in [2.24, 2.45) is 0 Å². The Bertz CT molecular complexity index is 909. The molecule has 3 rings (SSSR count). The Labute approximate surface area is 148 Å². The van der Waals surface area contributed by atoms with Gasteiger partial charge in [0.05, 0.1) is 18.4 Å². The minimum Gasteiger partial charge on any atom is -0.463 e. The van der Waals surface area contributed by atoms with Gasteiger partial charge in [0, 0.05) is 10.9 Å². The first-order valence-corrected chi connectivity index (χ1v) is 8.50. The molecule has 0 atom stereocenters. The number of nitrogens with zero attached hydrogens (tertiary/aromatic N) is 1. The summed E-state index contributed by atoms with van der Waals surface area (Å²) >= 11 is 1.33. The third-order valence-electron chi connectivity index (χ3n) is 3.69. The molecule has 0 saturated heterocycles. The highest BCUT2D eigenvalue weighted by molar-refractivity contribution is 7.16. The van der Waals surface area contributed by atoms with E-state index in [1.54, 1.807) is 31.4 Å². The predicted molar refractivity (Wildman–Crippen MR) is 94.0 cm³/mol. The zero-order chi connectivity index (χ0) is 18.0. The fourth-order valence-electron chi connectivity index (χ4n) is 2.33. The van der Waals surface area contributed by atoms with Crippen molar-refractivity contribution in [3.05, 3.63) is 46.2 Å². The Hall–Kier alpha value is -2.87. The maximum Gasteiger partial charge on any atom is 0.341 e. The van der Waals surface area contributed by atoms with E-state index in [4.69, 9.17) is 9.15 Å². The van der Waals surface area contributed by atoms with Crippen molar-refractivity contribution in [3.8, 4) is 11.5 Å². The second-order valence-electron chi connectivity index (χ2n) is 5.31. The van der Waals surface area contributed by atoms with Gasteiger partial charge in [-0.15, -0.1) is 11.3 Å². The normalized spacial score (nSPS) is 10.7. The molecule has 3 aromatic rings. The Kier molecular flexibility index (Phi) is 4.71. The van der Waals surface area contributed by atoms with Crippen molar-refractivity contribution in [2.75, 3.05) is 11.9 Å². The zero-order valence-corrected chi connectivity index (χ0v) is 14.8. The highest BCUT2D eigenvalue weighted by Crippen LogP contribution is 2.33. The summed E-state index contributed by atoms with van der Waals surface area (Å²) in [5, 5.41) is 9.97. The van der Waals surface area contributed by atoms with Crippen molar-refractivity contribution in [1.82, 2.24) is 10.2 Å². The lowest BCUT2D eigenvalue weighted by Crippen LogP contribution is -2.15. The van der Waals surface area contributed by atoms with Crippen molar-refractivity contribution < 1.29 is 18.7 Å². The molecule has 130 valence electrons. The first-order chi connectivity index (χ1) is 12.0. The number of anilines is 1. The van der Waals surface area contributed by atoms with Crippen molar-refractivity contribution in [2.45, 2.75) is 20.8 Å². The lowest BCUT2D eigenvalue weighted by atomic mass is 10.1. The van der Waals surface area contributed by atoms with Crippen molar-refractivity contribution in [3.63, 3.8) is 0 Å². The van der Waals surface area contributed by atoms with Crippen LogP contribution < -0.4 is 5.32 Å². The molecule has 0 radical (unpaired) electrons. The van der Waals surface area contributed by atoms with E-state index in [1.807, 2.05) is 13.8 Å². The third-order valence-corrected chi connectivity index (χ3v) is 4.81. The molecule has 7 nitrogen and oxygen atoms in total. The summed E-state index contributed by atoms with van der Waals surface area (Å²) in [6, 6.07) is 5.10. The van der Waals surface area contributed by atoms with Gasteiger partial charge in [-0.25, -0.2) is 4.79 Å². The maximum atomic E-state index is 12.5. The minimum absolute atomic E-state index is 0.199. The minimum atomic E-state index is -0.446. The van der Waals surface area contributed by atoms with E-state index < -0.39 is 11.9 Å². The first kappa shape index (κ1) is 17.0. The molecular weight excluding hydrogens is 342 g/mol. The van der Waals surface area contributed by atoms with Crippen LogP contribution >= 0.6 is 11.3 Å². The highest BCUT2D eigenvalue weighted by atomic mass is 32.1. The molecule has 0 aromatic carbocycles. The molecule has 1 amide bonds. The van der Waals surface area contributed by atoms with Gasteiger partial charge in [-0.2, -0.15) is 5.10 Å². The van der Waals surface area contributed by atoms with Gasteiger partial charge in [0.15, 0.2) is 11.5 Å². The standard InChI is InChI=1S/C17H17N3O4S/c1-4-23-17(22)14-9(2)10(3)25-16(14)18-15(21)12-8-11(19-20-12)13-6-5-7-24-13/h5-8H,4H2,1-3H3,(H,18,21)(H,19,20). The quantitative estimate of drug-likeness (QED) is 0.676. The van der Waals surface area contributed by atoms with Crippen LogP contribution in [0.3, 0.4) is 0 Å². The van der Waals surface area contributed by atoms with E-state index in [9.17, 15) is 9.59 Å². The number of H-pyrrole nitrogens is 1. The van der Waals surface area contributed by atoms with E-state index >= 15 is 0 Å². The average molecular weight is 359 g/mol. The van der Waals surface area contributed by atoms with Gasteiger partial charge < -0.3 is 14.5 Å². The van der Waals surface area contributed by atoms with Gasteiger partial charge in [0.25, 0.3) is 5.91 Å². The molecule has 2 N–H and O–H groups in total. The summed E-state index contributed by atoms with van der Waals surface area (Å²) in [5.74, 6) is -0.277. The number of rotatable bonds is 5. The molecule has 0 aliphatic heterocycles. The van der Waals surface area contributed by atoms with E-state index in [1.165, 1.54) is 11.3 Å². The molecule has 25 heavy (non-hydrogen) atoms. The molecule has 0 aliphatic carbocycles. The van der Waals surface area contributed by atoms with E-state index in [2.05, 4.69) is 15.5 Å². The summed E-state index contributed by atoms with van der Waals surface area (Å²) in [6.07, 6.45) is 1.54. The number of hydrogen-bond acceptors (Lipinski definition) is 6. The molecule has 0 unspecified atom stereocenters. The topological polar surface area (TPSA) is 97.2 Å². The van der Waals surface area contributed by atoms with Gasteiger partial charge in [-0.1, -0.05) is 0 Å². The lowest BCUT2D eigenvalue weighted by molar-refractivity contribution is 0.0527. The number of esters is 1. The van der Waals surface area contributed by atoms with Crippen LogP contribution in [0.5, 0.6) is 0 Å². The van der Waals surface area contributed by atoms with Crippen LogP contribution in [-0.2, 0) is 4.74 Å². The molecule has 0 spiro atoms. The number of amides is 1. The fourth-order valence-corrected chi connectivity index (χ4v) is 3.37. The molecule has 0 bridgehead atoms. The number of carbonyl (C=O) groups is 2. The number of carbonyl (C=O) groups excluding carboxylic acids is 2. The molecule has 0 saturated carbocycles. The third kappa shape index (κ3) is 3.34. The smallest absolute Gasteiger partial charge is 0.341 e. The van der Waals surface area contributed by atoms with E-state index in [0.717, 1.165) is 10.4 Å². The predicted octanol–water partition coefficient (Wildman–Crippen LogP) is 3.78. The number of hydrogen-bond donors (Lipinski definition) is 2. The number of aryl methyl sites for hydroxylation is 1. The average Bonchev–Trinajstić information content (AvgIpc) is 3.29. The lowest BCUT2D eigenvalue weighted by Gasteiger charge is -2.06.